The van der Waals surface area contributed by atoms with Crippen molar-refractivity contribution < 1.29 is 4.79 Å². The van der Waals surface area contributed by atoms with E-state index in [1.165, 1.54) is 0 Å². The molecule has 2 rings (SSSR count). The summed E-state index contributed by atoms with van der Waals surface area (Å²) < 4.78 is 0. The third-order valence-corrected chi connectivity index (χ3v) is 3.22. The number of hydrogen-bond acceptors (Lipinski definition) is 3. The number of hydrogen-bond donors (Lipinski definition) is 0. The third-order valence-electron chi connectivity index (χ3n) is 3.05. The van der Waals surface area contributed by atoms with Crippen LogP contribution in [0.2, 0.25) is 5.28 Å². The Morgan fingerprint density at radius 2 is 2.22 bits per heavy atom. The van der Waals surface area contributed by atoms with Crippen LogP contribution in [0.25, 0.3) is 0 Å². The minimum absolute atomic E-state index is 0.0154. The Morgan fingerprint density at radius 3 is 2.78 bits per heavy atom. The maximum atomic E-state index is 12.4. The Balaban J connectivity index is 2.16. The van der Waals surface area contributed by atoms with Crippen molar-refractivity contribution in [2.24, 2.45) is 0 Å². The summed E-state index contributed by atoms with van der Waals surface area (Å²) in [6.45, 7) is 4.75. The molecule has 0 N–H and O–H groups in total. The highest BCUT2D eigenvalue weighted by molar-refractivity contribution is 6.28. The molecule has 0 unspecified atom stereocenters. The summed E-state index contributed by atoms with van der Waals surface area (Å²) in [5.41, 5.74) is 1.14. The van der Waals surface area contributed by atoms with Crippen LogP contribution in [0.5, 0.6) is 0 Å². The van der Waals surface area contributed by atoms with Gasteiger partial charge >= 0.3 is 0 Å². The zero-order valence-corrected chi connectivity index (χ0v) is 11.6. The molecule has 0 aromatic carbocycles. The fourth-order valence-electron chi connectivity index (χ4n) is 1.95. The molecule has 5 heteroatoms. The number of amides is 1. The van der Waals surface area contributed by atoms with E-state index >= 15 is 0 Å². The Bertz CT molecular complexity index is 426. The van der Waals surface area contributed by atoms with Crippen LogP contribution in [0.1, 0.15) is 48.8 Å². The first-order valence-electron chi connectivity index (χ1n) is 6.44. The number of carbonyl (C=O) groups is 1. The van der Waals surface area contributed by atoms with E-state index < -0.39 is 0 Å². The highest BCUT2D eigenvalue weighted by atomic mass is 35.5. The smallest absolute Gasteiger partial charge is 0.272 e. The predicted molar refractivity (Wildman–Crippen MR) is 70.7 cm³/mol. The van der Waals surface area contributed by atoms with Gasteiger partial charge in [0.05, 0.1) is 0 Å². The summed E-state index contributed by atoms with van der Waals surface area (Å²) in [6.07, 6.45) is 4.32. The Kier molecular flexibility index (Phi) is 4.17. The number of aromatic nitrogens is 2. The normalized spacial score (nSPS) is 14.6. The molecule has 1 heterocycles. The van der Waals surface area contributed by atoms with Crippen LogP contribution in [0.4, 0.5) is 0 Å². The molecule has 1 fully saturated rings. The van der Waals surface area contributed by atoms with Crippen molar-refractivity contribution in [2.45, 2.75) is 45.6 Å². The van der Waals surface area contributed by atoms with E-state index in [1.54, 1.807) is 6.07 Å². The van der Waals surface area contributed by atoms with Crippen LogP contribution in [0.3, 0.4) is 0 Å². The molecule has 0 saturated heterocycles. The van der Waals surface area contributed by atoms with Gasteiger partial charge in [0.1, 0.15) is 5.69 Å². The lowest BCUT2D eigenvalue weighted by atomic mass is 10.2. The summed E-state index contributed by atoms with van der Waals surface area (Å²) in [4.78, 5) is 22.4. The van der Waals surface area contributed by atoms with Gasteiger partial charge in [0.25, 0.3) is 5.91 Å². The van der Waals surface area contributed by atoms with Crippen LogP contribution in [-0.4, -0.2) is 33.4 Å². The Labute approximate surface area is 112 Å². The zero-order chi connectivity index (χ0) is 13.1. The molecule has 1 aromatic heterocycles. The van der Waals surface area contributed by atoms with E-state index in [2.05, 4.69) is 16.9 Å². The average molecular weight is 268 g/mol. The second-order valence-corrected chi connectivity index (χ2v) is 5.08. The topological polar surface area (TPSA) is 46.1 Å². The van der Waals surface area contributed by atoms with E-state index in [9.17, 15) is 4.79 Å². The highest BCUT2D eigenvalue weighted by Gasteiger charge is 2.33. The number of rotatable bonds is 5. The predicted octanol–water partition coefficient (Wildman–Crippen LogP) is 2.84. The molecule has 0 radical (unpaired) electrons. The zero-order valence-electron chi connectivity index (χ0n) is 10.8. The fourth-order valence-corrected chi connectivity index (χ4v) is 2.18. The maximum Gasteiger partial charge on any atom is 0.272 e. The fraction of sp³-hybridized carbons (Fsp3) is 0.615. The molecule has 1 amide bonds. The third kappa shape index (κ3) is 3.19. The van der Waals surface area contributed by atoms with Gasteiger partial charge in [-0.3, -0.25) is 4.79 Å². The highest BCUT2D eigenvalue weighted by Crippen LogP contribution is 2.28. The molecule has 1 aliphatic carbocycles. The summed E-state index contributed by atoms with van der Waals surface area (Å²) >= 11 is 5.81. The molecular formula is C13H18ClN3O. The van der Waals surface area contributed by atoms with Gasteiger partial charge in [-0.2, -0.15) is 0 Å². The molecule has 0 atom stereocenters. The lowest BCUT2D eigenvalue weighted by Gasteiger charge is -2.21. The largest absolute Gasteiger partial charge is 0.334 e. The van der Waals surface area contributed by atoms with Gasteiger partial charge < -0.3 is 4.90 Å². The van der Waals surface area contributed by atoms with Crippen molar-refractivity contribution in [1.29, 1.82) is 0 Å². The van der Waals surface area contributed by atoms with Crippen molar-refractivity contribution in [3.05, 3.63) is 22.7 Å². The molecule has 1 aliphatic rings. The molecule has 4 nitrogen and oxygen atoms in total. The van der Waals surface area contributed by atoms with Gasteiger partial charge in [0.15, 0.2) is 0 Å². The molecule has 18 heavy (non-hydrogen) atoms. The van der Waals surface area contributed by atoms with Crippen molar-refractivity contribution in [2.75, 3.05) is 6.54 Å². The second kappa shape index (κ2) is 5.65. The van der Waals surface area contributed by atoms with Gasteiger partial charge in [-0.05, 0) is 43.9 Å². The SMILES string of the molecule is CCCCN(C(=O)c1cc(C)nc(Cl)n1)C1CC1. The van der Waals surface area contributed by atoms with E-state index in [0.717, 1.165) is 37.9 Å². The van der Waals surface area contributed by atoms with E-state index in [1.807, 2.05) is 11.8 Å². The minimum atomic E-state index is -0.0154. The first-order chi connectivity index (χ1) is 8.61. The maximum absolute atomic E-state index is 12.4. The molecule has 0 aliphatic heterocycles. The molecule has 0 bridgehead atoms. The van der Waals surface area contributed by atoms with Gasteiger partial charge in [0.2, 0.25) is 5.28 Å². The van der Waals surface area contributed by atoms with Crippen LogP contribution in [0.15, 0.2) is 6.07 Å². The summed E-state index contributed by atoms with van der Waals surface area (Å²) in [5, 5.41) is 0.143. The summed E-state index contributed by atoms with van der Waals surface area (Å²) in [6, 6.07) is 2.10. The van der Waals surface area contributed by atoms with Gasteiger partial charge in [0, 0.05) is 18.3 Å². The van der Waals surface area contributed by atoms with Crippen LogP contribution >= 0.6 is 11.6 Å². The first kappa shape index (κ1) is 13.3. The van der Waals surface area contributed by atoms with Crippen molar-refractivity contribution in [3.63, 3.8) is 0 Å². The van der Waals surface area contributed by atoms with E-state index in [0.29, 0.717) is 11.7 Å². The van der Waals surface area contributed by atoms with Crippen molar-refractivity contribution >= 4 is 17.5 Å². The second-order valence-electron chi connectivity index (χ2n) is 4.75. The van der Waals surface area contributed by atoms with Gasteiger partial charge in [-0.25, -0.2) is 9.97 Å². The monoisotopic (exact) mass is 267 g/mol. The minimum Gasteiger partial charge on any atom is -0.334 e. The molecular weight excluding hydrogens is 250 g/mol. The summed E-state index contributed by atoms with van der Waals surface area (Å²) in [7, 11) is 0. The number of unbranched alkanes of at least 4 members (excludes halogenated alkanes) is 1. The van der Waals surface area contributed by atoms with Crippen LogP contribution in [0, 0.1) is 6.92 Å². The standard InChI is InChI=1S/C13H18ClN3O/c1-3-4-7-17(10-5-6-10)12(18)11-8-9(2)15-13(14)16-11/h8,10H,3-7H2,1-2H3. The van der Waals surface area contributed by atoms with Crippen LogP contribution < -0.4 is 0 Å². The van der Waals surface area contributed by atoms with Crippen LogP contribution in [-0.2, 0) is 0 Å². The number of nitrogens with zero attached hydrogens (tertiary/aromatic N) is 3. The number of carbonyl (C=O) groups excluding carboxylic acids is 1. The Hall–Kier alpha value is -1.16. The lowest BCUT2D eigenvalue weighted by molar-refractivity contribution is 0.0734. The molecule has 0 spiro atoms. The number of halogens is 1. The van der Waals surface area contributed by atoms with Gasteiger partial charge in [-0.15, -0.1) is 0 Å². The molecule has 98 valence electrons. The van der Waals surface area contributed by atoms with Crippen molar-refractivity contribution in [3.8, 4) is 0 Å². The van der Waals surface area contributed by atoms with Gasteiger partial charge in [-0.1, -0.05) is 13.3 Å². The van der Waals surface area contributed by atoms with E-state index in [4.69, 9.17) is 11.6 Å². The lowest BCUT2D eigenvalue weighted by Crippen LogP contribution is -2.34. The Morgan fingerprint density at radius 1 is 1.50 bits per heavy atom. The van der Waals surface area contributed by atoms with E-state index in [-0.39, 0.29) is 11.2 Å². The average Bonchev–Trinajstić information content (AvgIpc) is 3.12. The molecule has 1 saturated carbocycles. The quantitative estimate of drug-likeness (QED) is 0.771. The summed E-state index contributed by atoms with van der Waals surface area (Å²) in [5.74, 6) is -0.0154. The first-order valence-corrected chi connectivity index (χ1v) is 6.81. The van der Waals surface area contributed by atoms with Crippen molar-refractivity contribution in [1.82, 2.24) is 14.9 Å². The molecule has 1 aromatic rings. The number of aryl methyl sites for hydroxylation is 1.